The first-order valence-corrected chi connectivity index (χ1v) is 7.69. The number of carbonyl (C=O) groups excluding carboxylic acids is 1. The number of nitrogens with zero attached hydrogens (tertiary/aromatic N) is 2. The highest BCUT2D eigenvalue weighted by atomic mass is 35.5. The highest BCUT2D eigenvalue weighted by molar-refractivity contribution is 6.31. The maximum absolute atomic E-state index is 12.1. The summed E-state index contributed by atoms with van der Waals surface area (Å²) in [6.07, 6.45) is 4.73. The minimum atomic E-state index is 0.137. The van der Waals surface area contributed by atoms with E-state index < -0.39 is 0 Å². The third-order valence-electron chi connectivity index (χ3n) is 4.34. The van der Waals surface area contributed by atoms with Gasteiger partial charge in [-0.25, -0.2) is 0 Å². The van der Waals surface area contributed by atoms with Gasteiger partial charge in [-0.2, -0.15) is 5.10 Å². The van der Waals surface area contributed by atoms with E-state index >= 15 is 0 Å². The van der Waals surface area contributed by atoms with Crippen LogP contribution in [0.3, 0.4) is 0 Å². The third kappa shape index (κ3) is 3.02. The van der Waals surface area contributed by atoms with Gasteiger partial charge < -0.3 is 0 Å². The predicted molar refractivity (Wildman–Crippen MR) is 77.5 cm³/mol. The zero-order chi connectivity index (χ0) is 14.0. The first-order valence-electron chi connectivity index (χ1n) is 7.31. The molecule has 1 aromatic heterocycles. The fraction of sp³-hybridized carbons (Fsp3) is 0.733. The van der Waals surface area contributed by atoms with Crippen LogP contribution >= 0.6 is 11.6 Å². The van der Waals surface area contributed by atoms with Crippen LogP contribution in [-0.2, 0) is 17.8 Å². The van der Waals surface area contributed by atoms with Gasteiger partial charge in [0.1, 0.15) is 5.78 Å². The van der Waals surface area contributed by atoms with Crippen LogP contribution in [0.25, 0.3) is 0 Å². The summed E-state index contributed by atoms with van der Waals surface area (Å²) < 4.78 is 1.94. The fourth-order valence-electron chi connectivity index (χ4n) is 3.07. The summed E-state index contributed by atoms with van der Waals surface area (Å²) >= 11 is 6.34. The molecule has 1 aliphatic carbocycles. The second-order valence-corrected chi connectivity index (χ2v) is 5.96. The van der Waals surface area contributed by atoms with Crippen molar-refractivity contribution < 1.29 is 4.79 Å². The van der Waals surface area contributed by atoms with Crippen molar-refractivity contribution in [3.8, 4) is 0 Å². The minimum absolute atomic E-state index is 0.137. The number of Topliss-reactive ketones (excluding diaryl/α,β-unsaturated/α-hetero) is 1. The molecule has 2 atom stereocenters. The molecular formula is C15H23ClN2O. The number of halogens is 1. The smallest absolute Gasteiger partial charge is 0.136 e. The number of hydrogen-bond donors (Lipinski definition) is 0. The van der Waals surface area contributed by atoms with Gasteiger partial charge in [0.25, 0.3) is 0 Å². The van der Waals surface area contributed by atoms with Gasteiger partial charge in [-0.05, 0) is 32.6 Å². The summed E-state index contributed by atoms with van der Waals surface area (Å²) in [7, 11) is 0. The van der Waals surface area contributed by atoms with Crippen molar-refractivity contribution in [2.75, 3.05) is 0 Å². The number of hydrogen-bond acceptors (Lipinski definition) is 2. The lowest BCUT2D eigenvalue weighted by Crippen LogP contribution is -2.27. The van der Waals surface area contributed by atoms with Crippen molar-refractivity contribution in [2.45, 2.75) is 59.4 Å². The topological polar surface area (TPSA) is 34.9 Å². The van der Waals surface area contributed by atoms with Crippen LogP contribution in [0.2, 0.25) is 5.02 Å². The number of carbonyl (C=O) groups is 1. The number of aromatic nitrogens is 2. The van der Waals surface area contributed by atoms with Crippen LogP contribution in [-0.4, -0.2) is 15.6 Å². The van der Waals surface area contributed by atoms with Crippen molar-refractivity contribution >= 4 is 17.4 Å². The van der Waals surface area contributed by atoms with Gasteiger partial charge in [0.15, 0.2) is 0 Å². The van der Waals surface area contributed by atoms with Crippen molar-refractivity contribution in [3.05, 3.63) is 16.4 Å². The van der Waals surface area contributed by atoms with Crippen molar-refractivity contribution in [1.29, 1.82) is 0 Å². The Morgan fingerprint density at radius 2 is 2.16 bits per heavy atom. The van der Waals surface area contributed by atoms with E-state index in [-0.39, 0.29) is 5.92 Å². The normalized spacial score (nSPS) is 23.9. The van der Waals surface area contributed by atoms with Crippen LogP contribution in [0.4, 0.5) is 0 Å². The molecule has 1 aromatic rings. The van der Waals surface area contributed by atoms with Crippen molar-refractivity contribution in [2.24, 2.45) is 11.8 Å². The molecule has 0 bridgehead atoms. The van der Waals surface area contributed by atoms with E-state index in [9.17, 15) is 4.79 Å². The number of rotatable bonds is 4. The average Bonchev–Trinajstić information content (AvgIpc) is 2.68. The molecular weight excluding hydrogens is 260 g/mol. The molecule has 0 N–H and O–H groups in total. The molecule has 0 aliphatic heterocycles. The van der Waals surface area contributed by atoms with E-state index in [1.807, 2.05) is 11.6 Å². The molecule has 0 spiro atoms. The van der Waals surface area contributed by atoms with Gasteiger partial charge in [0, 0.05) is 25.3 Å². The lowest BCUT2D eigenvalue weighted by molar-refractivity contribution is -0.125. The molecule has 1 fully saturated rings. The fourth-order valence-corrected chi connectivity index (χ4v) is 3.28. The van der Waals surface area contributed by atoms with Crippen molar-refractivity contribution in [3.63, 3.8) is 0 Å². The largest absolute Gasteiger partial charge is 0.299 e. The molecule has 0 radical (unpaired) electrons. The van der Waals surface area contributed by atoms with E-state index in [1.54, 1.807) is 0 Å². The second kappa shape index (κ2) is 6.08. The van der Waals surface area contributed by atoms with Crippen LogP contribution in [0.15, 0.2) is 0 Å². The lowest BCUT2D eigenvalue weighted by Gasteiger charge is -2.27. The molecule has 3 nitrogen and oxygen atoms in total. The first-order chi connectivity index (χ1) is 9.06. The van der Waals surface area contributed by atoms with Gasteiger partial charge in [-0.3, -0.25) is 9.48 Å². The Hall–Kier alpha value is -0.830. The molecule has 19 heavy (non-hydrogen) atoms. The van der Waals surface area contributed by atoms with E-state index in [2.05, 4.69) is 18.9 Å². The van der Waals surface area contributed by atoms with E-state index in [0.29, 0.717) is 11.7 Å². The Labute approximate surface area is 120 Å². The molecule has 2 unspecified atom stereocenters. The Morgan fingerprint density at radius 1 is 1.42 bits per heavy atom. The zero-order valence-corrected chi connectivity index (χ0v) is 12.8. The Kier molecular flexibility index (Phi) is 4.67. The number of ketones is 1. The average molecular weight is 283 g/mol. The molecule has 1 aliphatic rings. The quantitative estimate of drug-likeness (QED) is 0.842. The summed E-state index contributed by atoms with van der Waals surface area (Å²) in [5.41, 5.74) is 1.91. The first kappa shape index (κ1) is 14.6. The van der Waals surface area contributed by atoms with Crippen LogP contribution in [0.1, 0.15) is 50.9 Å². The summed E-state index contributed by atoms with van der Waals surface area (Å²) in [5, 5.41) is 5.18. The summed E-state index contributed by atoms with van der Waals surface area (Å²) in [4.78, 5) is 12.1. The minimum Gasteiger partial charge on any atom is -0.299 e. The molecule has 1 heterocycles. The molecule has 4 heteroatoms. The summed E-state index contributed by atoms with van der Waals surface area (Å²) in [6, 6.07) is 0. The van der Waals surface area contributed by atoms with Gasteiger partial charge in [-0.1, -0.05) is 24.9 Å². The maximum Gasteiger partial charge on any atom is 0.136 e. The van der Waals surface area contributed by atoms with E-state index in [1.165, 1.54) is 6.42 Å². The predicted octanol–water partition coefficient (Wildman–Crippen LogP) is 3.80. The number of aryl methyl sites for hydroxylation is 2. The molecule has 0 saturated heterocycles. The summed E-state index contributed by atoms with van der Waals surface area (Å²) in [6.45, 7) is 7.01. The van der Waals surface area contributed by atoms with Gasteiger partial charge in [-0.15, -0.1) is 0 Å². The van der Waals surface area contributed by atoms with Gasteiger partial charge in [0.05, 0.1) is 16.4 Å². The zero-order valence-electron chi connectivity index (χ0n) is 12.1. The highest BCUT2D eigenvalue weighted by Crippen LogP contribution is 2.33. The Balaban J connectivity index is 2.17. The van der Waals surface area contributed by atoms with Crippen LogP contribution < -0.4 is 0 Å². The van der Waals surface area contributed by atoms with E-state index in [0.717, 1.165) is 48.6 Å². The lowest BCUT2D eigenvalue weighted by atomic mass is 9.77. The maximum atomic E-state index is 12.1. The Morgan fingerprint density at radius 3 is 2.79 bits per heavy atom. The highest BCUT2D eigenvalue weighted by Gasteiger charge is 2.29. The molecule has 1 saturated carbocycles. The van der Waals surface area contributed by atoms with Crippen LogP contribution in [0, 0.1) is 18.8 Å². The van der Waals surface area contributed by atoms with Crippen molar-refractivity contribution in [1.82, 2.24) is 9.78 Å². The van der Waals surface area contributed by atoms with Crippen LogP contribution in [0.5, 0.6) is 0 Å². The van der Waals surface area contributed by atoms with E-state index in [4.69, 9.17) is 11.6 Å². The van der Waals surface area contributed by atoms with Gasteiger partial charge in [0.2, 0.25) is 0 Å². The molecule has 106 valence electrons. The Bertz CT molecular complexity index is 467. The van der Waals surface area contributed by atoms with Gasteiger partial charge >= 0.3 is 0 Å². The standard InChI is InChI=1S/C15H23ClN2O/c1-4-11-6-7-14(19)12(8-11)9-13-15(16)10(3)17-18(13)5-2/h11-12H,4-9H2,1-3H3. The summed E-state index contributed by atoms with van der Waals surface area (Å²) in [5.74, 6) is 1.24. The third-order valence-corrected chi connectivity index (χ3v) is 4.83. The molecule has 2 rings (SSSR count). The monoisotopic (exact) mass is 282 g/mol. The molecule has 0 aromatic carbocycles. The second-order valence-electron chi connectivity index (χ2n) is 5.58. The molecule has 0 amide bonds. The SMILES string of the molecule is CCC1CCC(=O)C(Cc2c(Cl)c(C)nn2CC)C1.